The van der Waals surface area contributed by atoms with Gasteiger partial charge >= 0.3 is 0 Å². The highest BCUT2D eigenvalue weighted by Gasteiger charge is 2.31. The Morgan fingerprint density at radius 1 is 1.15 bits per heavy atom. The van der Waals surface area contributed by atoms with E-state index in [4.69, 9.17) is 10.5 Å². The largest absolute Gasteiger partial charge is 0.497 e. The maximum absolute atomic E-state index is 13.2. The van der Waals surface area contributed by atoms with Gasteiger partial charge in [0.15, 0.2) is 5.78 Å². The van der Waals surface area contributed by atoms with Crippen molar-refractivity contribution in [2.45, 2.75) is 32.1 Å². The second kappa shape index (κ2) is 10.3. The Balaban J connectivity index is 1.37. The molecule has 0 radical (unpaired) electrons. The van der Waals surface area contributed by atoms with Crippen molar-refractivity contribution in [3.63, 3.8) is 0 Å². The maximum atomic E-state index is 13.2. The third kappa shape index (κ3) is 5.22. The zero-order valence-electron chi connectivity index (χ0n) is 18.8. The first-order valence-electron chi connectivity index (χ1n) is 11.3. The van der Waals surface area contributed by atoms with Gasteiger partial charge in [-0.15, -0.1) is 0 Å². The summed E-state index contributed by atoms with van der Waals surface area (Å²) in [5, 5.41) is 4.33. The van der Waals surface area contributed by atoms with Crippen LogP contribution in [0.2, 0.25) is 0 Å². The lowest BCUT2D eigenvalue weighted by Crippen LogP contribution is -2.42. The molecule has 172 valence electrons. The van der Waals surface area contributed by atoms with Crippen molar-refractivity contribution in [3.8, 4) is 11.4 Å². The van der Waals surface area contributed by atoms with Gasteiger partial charge in [-0.2, -0.15) is 5.10 Å². The zero-order chi connectivity index (χ0) is 23.2. The smallest absolute Gasteiger partial charge is 0.222 e. The molecule has 1 saturated heterocycles. The van der Waals surface area contributed by atoms with E-state index in [0.717, 1.165) is 37.1 Å². The van der Waals surface area contributed by atoms with E-state index in [1.54, 1.807) is 24.2 Å². The molecule has 8 heteroatoms. The van der Waals surface area contributed by atoms with E-state index in [0.29, 0.717) is 30.9 Å². The van der Waals surface area contributed by atoms with Crippen LogP contribution in [0.4, 0.5) is 5.82 Å². The summed E-state index contributed by atoms with van der Waals surface area (Å²) in [6, 6.07) is 11.2. The fourth-order valence-electron chi connectivity index (χ4n) is 4.27. The van der Waals surface area contributed by atoms with Gasteiger partial charge in [-0.1, -0.05) is 0 Å². The Morgan fingerprint density at radius 3 is 2.64 bits per heavy atom. The van der Waals surface area contributed by atoms with Crippen LogP contribution in [0.25, 0.3) is 5.69 Å². The van der Waals surface area contributed by atoms with Crippen LogP contribution < -0.4 is 10.5 Å². The molecule has 1 aliphatic rings. The normalized spacial score (nSPS) is 15.9. The van der Waals surface area contributed by atoms with E-state index >= 15 is 0 Å². The van der Waals surface area contributed by atoms with Gasteiger partial charge in [-0.3, -0.25) is 14.6 Å². The number of hydrogen-bond donors (Lipinski definition) is 1. The maximum Gasteiger partial charge on any atom is 0.222 e. The molecule has 0 spiro atoms. The highest BCUT2D eigenvalue weighted by Crippen LogP contribution is 2.26. The van der Waals surface area contributed by atoms with Crippen molar-refractivity contribution < 1.29 is 14.3 Å². The molecule has 1 aliphatic heterocycles. The molecule has 1 unspecified atom stereocenters. The molecular formula is C25H29N5O3. The first kappa shape index (κ1) is 22.5. The fraction of sp³-hybridized carbons (Fsp3) is 0.360. The monoisotopic (exact) mass is 447 g/mol. The molecule has 3 aromatic rings. The molecule has 8 nitrogen and oxygen atoms in total. The van der Waals surface area contributed by atoms with Crippen LogP contribution in [-0.2, 0) is 11.2 Å². The lowest BCUT2D eigenvalue weighted by molar-refractivity contribution is -0.132. The van der Waals surface area contributed by atoms with E-state index in [1.807, 2.05) is 41.3 Å². The number of ketones is 1. The van der Waals surface area contributed by atoms with Gasteiger partial charge in [0.1, 0.15) is 11.6 Å². The summed E-state index contributed by atoms with van der Waals surface area (Å²) >= 11 is 0. The minimum absolute atomic E-state index is 0.0541. The number of carbonyl (C=O) groups excluding carboxylic acids is 2. The van der Waals surface area contributed by atoms with Crippen LogP contribution in [0.15, 0.2) is 55.0 Å². The highest BCUT2D eigenvalue weighted by atomic mass is 16.5. The molecule has 1 fully saturated rings. The number of aromatic nitrogens is 3. The Bertz CT molecular complexity index is 1090. The molecule has 1 atom stereocenters. The minimum Gasteiger partial charge on any atom is -0.497 e. The van der Waals surface area contributed by atoms with Gasteiger partial charge in [0.25, 0.3) is 0 Å². The molecule has 4 rings (SSSR count). The van der Waals surface area contributed by atoms with E-state index in [1.165, 1.54) is 11.8 Å². The number of likely N-dealkylation sites (tertiary alicyclic amines) is 1. The number of nitrogen functional groups attached to an aromatic ring is 1. The zero-order valence-corrected chi connectivity index (χ0v) is 18.8. The van der Waals surface area contributed by atoms with Gasteiger partial charge in [-0.25, -0.2) is 4.68 Å². The Kier molecular flexibility index (Phi) is 7.02. The van der Waals surface area contributed by atoms with Gasteiger partial charge in [0, 0.05) is 37.8 Å². The summed E-state index contributed by atoms with van der Waals surface area (Å²) in [5.41, 5.74) is 8.62. The summed E-state index contributed by atoms with van der Waals surface area (Å²) in [6.45, 7) is 1.12. The number of piperidine rings is 1. The molecular weight excluding hydrogens is 418 g/mol. The number of carbonyl (C=O) groups is 2. The predicted octanol–water partition coefficient (Wildman–Crippen LogP) is 3.30. The summed E-state index contributed by atoms with van der Waals surface area (Å²) in [7, 11) is 1.60. The number of anilines is 1. The quantitative estimate of drug-likeness (QED) is 0.532. The molecule has 0 saturated carbocycles. The Hall–Kier alpha value is -3.68. The van der Waals surface area contributed by atoms with Crippen LogP contribution in [0.1, 0.15) is 41.6 Å². The third-order valence-electron chi connectivity index (χ3n) is 6.14. The Labute approximate surface area is 193 Å². The average molecular weight is 448 g/mol. The van der Waals surface area contributed by atoms with Crippen LogP contribution >= 0.6 is 0 Å². The number of amides is 1. The number of methoxy groups -OCH3 is 1. The number of nitrogens with zero attached hydrogens (tertiary/aromatic N) is 4. The molecule has 0 bridgehead atoms. The van der Waals surface area contributed by atoms with E-state index in [2.05, 4.69) is 10.1 Å². The second-order valence-electron chi connectivity index (χ2n) is 8.31. The van der Waals surface area contributed by atoms with Crippen LogP contribution in [0.5, 0.6) is 5.75 Å². The van der Waals surface area contributed by atoms with Crippen molar-refractivity contribution in [2.75, 3.05) is 25.9 Å². The fourth-order valence-corrected chi connectivity index (χ4v) is 4.27. The van der Waals surface area contributed by atoms with Gasteiger partial charge < -0.3 is 15.4 Å². The average Bonchev–Trinajstić information content (AvgIpc) is 3.25. The molecule has 33 heavy (non-hydrogen) atoms. The number of benzene rings is 1. The topological polar surface area (TPSA) is 103 Å². The number of hydrogen-bond acceptors (Lipinski definition) is 6. The summed E-state index contributed by atoms with van der Waals surface area (Å²) < 4.78 is 6.74. The number of pyridine rings is 1. The van der Waals surface area contributed by atoms with Crippen molar-refractivity contribution in [1.82, 2.24) is 19.7 Å². The number of nitrogens with two attached hydrogens (primary N) is 1. The molecule has 3 heterocycles. The SMILES string of the molecule is COc1ccc(-n2ncc(C(=O)C3CCCN(C(=O)CCCc4ccncc4)C3)c2N)cc1. The minimum atomic E-state index is -0.265. The second-order valence-corrected chi connectivity index (χ2v) is 8.31. The Morgan fingerprint density at radius 2 is 1.91 bits per heavy atom. The molecule has 1 aromatic carbocycles. The lowest BCUT2D eigenvalue weighted by atomic mass is 9.90. The van der Waals surface area contributed by atoms with Crippen molar-refractivity contribution in [1.29, 1.82) is 0 Å². The van der Waals surface area contributed by atoms with Crippen molar-refractivity contribution in [3.05, 3.63) is 66.1 Å². The molecule has 2 N–H and O–H groups in total. The van der Waals surface area contributed by atoms with Crippen LogP contribution in [-0.4, -0.2) is 51.6 Å². The molecule has 2 aromatic heterocycles. The number of rotatable bonds is 8. The van der Waals surface area contributed by atoms with Crippen molar-refractivity contribution in [2.24, 2.45) is 5.92 Å². The summed E-state index contributed by atoms with van der Waals surface area (Å²) in [5.74, 6) is 0.822. The predicted molar refractivity (Wildman–Crippen MR) is 125 cm³/mol. The van der Waals surface area contributed by atoms with E-state index < -0.39 is 0 Å². The third-order valence-corrected chi connectivity index (χ3v) is 6.14. The molecule has 0 aliphatic carbocycles. The van der Waals surface area contributed by atoms with Gasteiger partial charge in [-0.05, 0) is 67.6 Å². The van der Waals surface area contributed by atoms with Crippen LogP contribution in [0, 0.1) is 5.92 Å². The summed E-state index contributed by atoms with van der Waals surface area (Å²) in [4.78, 5) is 31.8. The molecule has 1 amide bonds. The highest BCUT2D eigenvalue weighted by molar-refractivity contribution is 6.02. The van der Waals surface area contributed by atoms with Crippen LogP contribution in [0.3, 0.4) is 0 Å². The number of ether oxygens (including phenoxy) is 1. The number of Topliss-reactive ketones (excluding diaryl/α,β-unsaturated/α-hetero) is 1. The first-order valence-corrected chi connectivity index (χ1v) is 11.3. The van der Waals surface area contributed by atoms with Crippen molar-refractivity contribution >= 4 is 17.5 Å². The summed E-state index contributed by atoms with van der Waals surface area (Å²) in [6.07, 6.45) is 8.69. The first-order chi connectivity index (χ1) is 16.1. The standard InChI is InChI=1S/C25H29N5O3/c1-33-21-9-7-20(8-10-21)30-25(26)22(16-28-30)24(32)19-5-3-15-29(17-19)23(31)6-2-4-18-11-13-27-14-12-18/h7-14,16,19H,2-6,15,17,26H2,1H3. The van der Waals surface area contributed by atoms with Gasteiger partial charge in [0.05, 0.1) is 24.6 Å². The van der Waals surface area contributed by atoms with E-state index in [9.17, 15) is 9.59 Å². The lowest BCUT2D eigenvalue weighted by Gasteiger charge is -2.32. The number of aryl methyl sites for hydroxylation is 1. The van der Waals surface area contributed by atoms with E-state index in [-0.39, 0.29) is 17.6 Å². The van der Waals surface area contributed by atoms with Gasteiger partial charge in [0.2, 0.25) is 5.91 Å².